The molecule has 0 heterocycles. The van der Waals surface area contributed by atoms with Crippen LogP contribution in [0.15, 0.2) is 60.7 Å². The van der Waals surface area contributed by atoms with Crippen molar-refractivity contribution >= 4 is 28.3 Å². The Morgan fingerprint density at radius 2 is 1.73 bits per heavy atom. The van der Waals surface area contributed by atoms with E-state index in [1.807, 2.05) is 42.5 Å². The van der Waals surface area contributed by atoms with Crippen molar-refractivity contribution in [3.05, 3.63) is 77.6 Å². The lowest BCUT2D eigenvalue weighted by Gasteiger charge is -2.10. The van der Waals surface area contributed by atoms with Crippen LogP contribution in [0.2, 0.25) is 0 Å². The van der Waals surface area contributed by atoms with E-state index in [2.05, 4.69) is 10.6 Å². The third-order valence-corrected chi connectivity index (χ3v) is 4.14. The first-order valence-electron chi connectivity index (χ1n) is 8.32. The first kappa shape index (κ1) is 17.6. The van der Waals surface area contributed by atoms with Crippen LogP contribution in [0.3, 0.4) is 0 Å². The summed E-state index contributed by atoms with van der Waals surface area (Å²) >= 11 is 0. The average Bonchev–Trinajstić information content (AvgIpc) is 2.63. The molecule has 0 unspecified atom stereocenters. The molecule has 0 fully saturated rings. The Bertz CT molecular complexity index is 964. The molecule has 0 spiro atoms. The lowest BCUT2D eigenvalue weighted by molar-refractivity contribution is -0.123. The minimum absolute atomic E-state index is 0.138. The molecule has 26 heavy (non-hydrogen) atoms. The van der Waals surface area contributed by atoms with E-state index >= 15 is 0 Å². The topological polar surface area (TPSA) is 58.2 Å². The van der Waals surface area contributed by atoms with Crippen LogP contribution in [-0.4, -0.2) is 18.4 Å². The van der Waals surface area contributed by atoms with Crippen molar-refractivity contribution in [2.75, 3.05) is 11.9 Å². The Kier molecular flexibility index (Phi) is 5.27. The minimum atomic E-state index is -0.358. The van der Waals surface area contributed by atoms with Gasteiger partial charge in [-0.05, 0) is 47.0 Å². The Morgan fingerprint density at radius 1 is 0.962 bits per heavy atom. The van der Waals surface area contributed by atoms with Crippen molar-refractivity contribution in [3.63, 3.8) is 0 Å². The van der Waals surface area contributed by atoms with Gasteiger partial charge in [-0.15, -0.1) is 0 Å². The fraction of sp³-hybridized carbons (Fsp3) is 0.143. The number of hydrogen-bond donors (Lipinski definition) is 2. The smallest absolute Gasteiger partial charge is 0.243 e. The van der Waals surface area contributed by atoms with Gasteiger partial charge in [-0.3, -0.25) is 9.59 Å². The Hall–Kier alpha value is -3.21. The van der Waals surface area contributed by atoms with Crippen molar-refractivity contribution < 1.29 is 14.0 Å². The highest BCUT2D eigenvalue weighted by atomic mass is 19.1. The first-order valence-corrected chi connectivity index (χ1v) is 8.32. The first-order chi connectivity index (χ1) is 12.5. The standard InChI is InChI=1S/C21H19FN2O2/c1-14-11-17(22)9-10-19(14)24-21(26)13-23-20(25)12-16-7-4-6-15-5-2-3-8-18(15)16/h2-11H,12-13H2,1H3,(H,23,25)(H,24,26). The maximum Gasteiger partial charge on any atom is 0.243 e. The van der Waals surface area contributed by atoms with Crippen LogP contribution >= 0.6 is 0 Å². The minimum Gasteiger partial charge on any atom is -0.347 e. The van der Waals surface area contributed by atoms with Gasteiger partial charge in [0.2, 0.25) is 11.8 Å². The summed E-state index contributed by atoms with van der Waals surface area (Å²) in [7, 11) is 0. The zero-order valence-electron chi connectivity index (χ0n) is 14.4. The average molecular weight is 350 g/mol. The number of rotatable bonds is 5. The number of nitrogens with one attached hydrogen (secondary N) is 2. The molecule has 0 aromatic heterocycles. The second kappa shape index (κ2) is 7.78. The van der Waals surface area contributed by atoms with Gasteiger partial charge in [-0.2, -0.15) is 0 Å². The maximum absolute atomic E-state index is 13.1. The van der Waals surface area contributed by atoms with E-state index < -0.39 is 0 Å². The van der Waals surface area contributed by atoms with Gasteiger partial charge < -0.3 is 10.6 Å². The Morgan fingerprint density at radius 3 is 2.54 bits per heavy atom. The maximum atomic E-state index is 13.1. The molecule has 0 atom stereocenters. The van der Waals surface area contributed by atoms with Crippen LogP contribution in [0.5, 0.6) is 0 Å². The van der Waals surface area contributed by atoms with Crippen molar-refractivity contribution in [2.24, 2.45) is 0 Å². The highest BCUT2D eigenvalue weighted by molar-refractivity contribution is 5.96. The lowest BCUT2D eigenvalue weighted by atomic mass is 10.0. The molecule has 5 heteroatoms. The van der Waals surface area contributed by atoms with Gasteiger partial charge >= 0.3 is 0 Å². The molecule has 132 valence electrons. The summed E-state index contributed by atoms with van der Waals surface area (Å²) in [5.41, 5.74) is 2.07. The van der Waals surface area contributed by atoms with E-state index in [1.165, 1.54) is 18.2 Å². The molecule has 0 radical (unpaired) electrons. The molecule has 4 nitrogen and oxygen atoms in total. The van der Waals surface area contributed by atoms with Gasteiger partial charge in [0, 0.05) is 5.69 Å². The van der Waals surface area contributed by atoms with Crippen LogP contribution in [0.1, 0.15) is 11.1 Å². The van der Waals surface area contributed by atoms with E-state index in [4.69, 9.17) is 0 Å². The van der Waals surface area contributed by atoms with E-state index in [0.717, 1.165) is 16.3 Å². The van der Waals surface area contributed by atoms with Crippen LogP contribution in [-0.2, 0) is 16.0 Å². The number of aryl methyl sites for hydroxylation is 1. The molecule has 3 aromatic rings. The zero-order chi connectivity index (χ0) is 18.5. The number of carbonyl (C=O) groups is 2. The molecule has 3 rings (SSSR count). The van der Waals surface area contributed by atoms with Crippen molar-refractivity contribution in [2.45, 2.75) is 13.3 Å². The lowest BCUT2D eigenvalue weighted by Crippen LogP contribution is -2.33. The SMILES string of the molecule is Cc1cc(F)ccc1NC(=O)CNC(=O)Cc1cccc2ccccc12. The number of halogens is 1. The summed E-state index contributed by atoms with van der Waals surface area (Å²) in [5, 5.41) is 7.38. The predicted molar refractivity (Wildman–Crippen MR) is 100 cm³/mol. The normalized spacial score (nSPS) is 10.5. The van der Waals surface area contributed by atoms with Crippen molar-refractivity contribution in [3.8, 4) is 0 Å². The van der Waals surface area contributed by atoms with Gasteiger partial charge in [0.05, 0.1) is 13.0 Å². The second-order valence-corrected chi connectivity index (χ2v) is 6.10. The van der Waals surface area contributed by atoms with Crippen molar-refractivity contribution in [1.29, 1.82) is 0 Å². The largest absolute Gasteiger partial charge is 0.347 e. The van der Waals surface area contributed by atoms with E-state index in [-0.39, 0.29) is 30.6 Å². The fourth-order valence-corrected chi connectivity index (χ4v) is 2.82. The Balaban J connectivity index is 1.57. The Labute approximate surface area is 151 Å². The zero-order valence-corrected chi connectivity index (χ0v) is 14.4. The van der Waals surface area contributed by atoms with Gasteiger partial charge in [0.25, 0.3) is 0 Å². The van der Waals surface area contributed by atoms with Crippen LogP contribution in [0.25, 0.3) is 10.8 Å². The number of fused-ring (bicyclic) bond motifs is 1. The summed E-state index contributed by atoms with van der Waals surface area (Å²) in [4.78, 5) is 24.2. The van der Waals surface area contributed by atoms with Crippen molar-refractivity contribution in [1.82, 2.24) is 5.32 Å². The quantitative estimate of drug-likeness (QED) is 0.739. The van der Waals surface area contributed by atoms with Gasteiger partial charge in [0.15, 0.2) is 0 Å². The highest BCUT2D eigenvalue weighted by Crippen LogP contribution is 2.19. The summed E-state index contributed by atoms with van der Waals surface area (Å²) < 4.78 is 13.1. The van der Waals surface area contributed by atoms with Gasteiger partial charge in [-0.1, -0.05) is 42.5 Å². The predicted octanol–water partition coefficient (Wildman–Crippen LogP) is 3.58. The summed E-state index contributed by atoms with van der Waals surface area (Å²) in [6.07, 6.45) is 0.199. The third-order valence-electron chi connectivity index (χ3n) is 4.14. The molecule has 0 saturated carbocycles. The van der Waals surface area contributed by atoms with Gasteiger partial charge in [0.1, 0.15) is 5.82 Å². The number of amides is 2. The summed E-state index contributed by atoms with van der Waals surface area (Å²) in [6.45, 7) is 1.57. The molecular weight excluding hydrogens is 331 g/mol. The van der Waals surface area contributed by atoms with Crippen LogP contribution < -0.4 is 10.6 Å². The third kappa shape index (κ3) is 4.25. The number of hydrogen-bond acceptors (Lipinski definition) is 2. The molecule has 0 aliphatic carbocycles. The molecule has 3 aromatic carbocycles. The fourth-order valence-electron chi connectivity index (χ4n) is 2.82. The second-order valence-electron chi connectivity index (χ2n) is 6.10. The summed E-state index contributed by atoms with van der Waals surface area (Å²) in [5.74, 6) is -0.942. The molecule has 0 saturated heterocycles. The van der Waals surface area contributed by atoms with E-state index in [9.17, 15) is 14.0 Å². The van der Waals surface area contributed by atoms with E-state index in [1.54, 1.807) is 6.92 Å². The molecule has 0 aliphatic heterocycles. The van der Waals surface area contributed by atoms with E-state index in [0.29, 0.717) is 11.3 Å². The van der Waals surface area contributed by atoms with Gasteiger partial charge in [-0.25, -0.2) is 4.39 Å². The molecule has 2 N–H and O–H groups in total. The van der Waals surface area contributed by atoms with Crippen LogP contribution in [0.4, 0.5) is 10.1 Å². The van der Waals surface area contributed by atoms with Crippen LogP contribution in [0, 0.1) is 12.7 Å². The monoisotopic (exact) mass is 350 g/mol. The molecular formula is C21H19FN2O2. The molecule has 2 amide bonds. The highest BCUT2D eigenvalue weighted by Gasteiger charge is 2.10. The number of benzene rings is 3. The summed E-state index contributed by atoms with van der Waals surface area (Å²) in [6, 6.07) is 17.8. The number of anilines is 1. The molecule has 0 bridgehead atoms. The molecule has 0 aliphatic rings. The number of carbonyl (C=O) groups excluding carboxylic acids is 2.